The van der Waals surface area contributed by atoms with Crippen LogP contribution in [0, 0.1) is 0 Å². The summed E-state index contributed by atoms with van der Waals surface area (Å²) in [6.07, 6.45) is 9.95. The minimum atomic E-state index is -1.22. The molecule has 0 radical (unpaired) electrons. The largest absolute Gasteiger partial charge is 0.371 e. The zero-order chi connectivity index (χ0) is 23.7. The second-order valence-electron chi connectivity index (χ2n) is 9.73. The van der Waals surface area contributed by atoms with Crippen molar-refractivity contribution in [3.05, 3.63) is 41.0 Å². The highest BCUT2D eigenvalue weighted by molar-refractivity contribution is 7.85. The smallest absolute Gasteiger partial charge is 0.344 e. The fraction of sp³-hybridized carbons (Fsp3) is 0.583. The number of rotatable bonds is 5. The van der Waals surface area contributed by atoms with Crippen LogP contribution in [0.15, 0.2) is 30.5 Å². The summed E-state index contributed by atoms with van der Waals surface area (Å²) in [4.78, 5) is 19.9. The van der Waals surface area contributed by atoms with Crippen molar-refractivity contribution in [2.45, 2.75) is 50.6 Å². The van der Waals surface area contributed by atoms with Gasteiger partial charge in [0, 0.05) is 67.5 Å². The maximum Gasteiger partial charge on any atom is 0.344 e. The first kappa shape index (κ1) is 23.6. The van der Waals surface area contributed by atoms with Crippen molar-refractivity contribution in [1.29, 1.82) is 0 Å². The number of anilines is 2. The van der Waals surface area contributed by atoms with Crippen LogP contribution in [0.3, 0.4) is 0 Å². The number of piperidine rings is 1. The molecule has 3 saturated heterocycles. The number of nitrogens with zero attached hydrogens (tertiary/aromatic N) is 5. The summed E-state index contributed by atoms with van der Waals surface area (Å²) in [7, 11) is -1.22. The summed E-state index contributed by atoms with van der Waals surface area (Å²) in [5, 5.41) is 5.04. The SMILES string of the molecule is CS(=O)Nc1ccn(C(=O)N2CCC3(CCCN3Cc3cc(Cl)cc(N4CCCC4)c3)CC2)n1. The molecular weight excluding hydrogens is 472 g/mol. The van der Waals surface area contributed by atoms with Crippen molar-refractivity contribution in [2.24, 2.45) is 0 Å². The highest BCUT2D eigenvalue weighted by atomic mass is 35.5. The van der Waals surface area contributed by atoms with Crippen LogP contribution in [0.25, 0.3) is 0 Å². The van der Waals surface area contributed by atoms with Gasteiger partial charge in [-0.2, -0.15) is 4.68 Å². The minimum absolute atomic E-state index is 0.126. The van der Waals surface area contributed by atoms with Gasteiger partial charge in [-0.25, -0.2) is 9.00 Å². The molecule has 0 aliphatic carbocycles. The van der Waals surface area contributed by atoms with E-state index >= 15 is 0 Å². The van der Waals surface area contributed by atoms with Crippen LogP contribution in [0.2, 0.25) is 5.02 Å². The van der Waals surface area contributed by atoms with Crippen LogP contribution in [-0.2, 0) is 17.5 Å². The van der Waals surface area contributed by atoms with Crippen LogP contribution in [0.1, 0.15) is 44.1 Å². The van der Waals surface area contributed by atoms with E-state index in [0.717, 1.165) is 44.0 Å². The third kappa shape index (κ3) is 4.97. The Kier molecular flexibility index (Phi) is 6.86. The normalized spacial score (nSPS) is 21.4. The molecule has 4 heterocycles. The highest BCUT2D eigenvalue weighted by Gasteiger charge is 2.43. The number of benzene rings is 1. The number of halogens is 1. The van der Waals surface area contributed by atoms with Gasteiger partial charge in [-0.3, -0.25) is 9.62 Å². The maximum atomic E-state index is 13.0. The Hall–Kier alpha value is -2.10. The molecule has 1 aromatic heterocycles. The summed E-state index contributed by atoms with van der Waals surface area (Å²) < 4.78 is 15.4. The number of hydrogen-bond donors (Lipinski definition) is 1. The van der Waals surface area contributed by atoms with Gasteiger partial charge >= 0.3 is 6.03 Å². The summed E-state index contributed by atoms with van der Waals surface area (Å²) >= 11 is 6.51. The topological polar surface area (TPSA) is 73.7 Å². The van der Waals surface area contributed by atoms with E-state index in [1.54, 1.807) is 12.3 Å². The average molecular weight is 505 g/mol. The summed E-state index contributed by atoms with van der Waals surface area (Å²) in [5.74, 6) is 0.444. The standard InChI is InChI=1S/C24H33ClN6O2S/c1-34(33)27-22-5-12-31(26-22)23(32)29-13-7-24(8-14-29)6-4-11-30(24)18-19-15-20(25)17-21(16-19)28-9-2-3-10-28/h5,12,15-17H,2-4,6-11,13-14,18H2,1H3,(H,26,27). The molecule has 184 valence electrons. The molecule has 0 bridgehead atoms. The maximum absolute atomic E-state index is 13.0. The van der Waals surface area contributed by atoms with E-state index in [9.17, 15) is 9.00 Å². The van der Waals surface area contributed by atoms with E-state index in [2.05, 4.69) is 37.8 Å². The van der Waals surface area contributed by atoms with Crippen molar-refractivity contribution in [3.63, 3.8) is 0 Å². The van der Waals surface area contributed by atoms with Crippen LogP contribution < -0.4 is 9.62 Å². The summed E-state index contributed by atoms with van der Waals surface area (Å²) in [5.41, 5.74) is 2.66. The van der Waals surface area contributed by atoms with Crippen LogP contribution in [0.5, 0.6) is 0 Å². The molecule has 34 heavy (non-hydrogen) atoms. The lowest BCUT2D eigenvalue weighted by atomic mass is 9.85. The Labute approximate surface area is 208 Å². The first-order valence-electron chi connectivity index (χ1n) is 12.2. The van der Waals surface area contributed by atoms with Crippen molar-refractivity contribution in [1.82, 2.24) is 19.6 Å². The number of amides is 1. The molecule has 1 amide bonds. The fourth-order valence-electron chi connectivity index (χ4n) is 5.80. The van der Waals surface area contributed by atoms with Gasteiger partial charge in [0.15, 0.2) is 5.82 Å². The molecule has 2 aromatic rings. The minimum Gasteiger partial charge on any atom is -0.371 e. The summed E-state index contributed by atoms with van der Waals surface area (Å²) in [6, 6.07) is 8.06. The lowest BCUT2D eigenvalue weighted by Gasteiger charge is -2.45. The number of carbonyl (C=O) groups is 1. The third-order valence-corrected chi connectivity index (χ3v) is 8.24. The first-order valence-corrected chi connectivity index (χ1v) is 14.1. The number of carbonyl (C=O) groups excluding carboxylic acids is 1. The van der Waals surface area contributed by atoms with Crippen molar-refractivity contribution < 1.29 is 9.00 Å². The van der Waals surface area contributed by atoms with Crippen molar-refractivity contribution in [3.8, 4) is 0 Å². The molecule has 3 aliphatic heterocycles. The Morgan fingerprint density at radius 2 is 1.85 bits per heavy atom. The summed E-state index contributed by atoms with van der Waals surface area (Å²) in [6.45, 7) is 5.64. The Morgan fingerprint density at radius 1 is 1.09 bits per heavy atom. The predicted octanol–water partition coefficient (Wildman–Crippen LogP) is 3.94. The van der Waals surface area contributed by atoms with E-state index in [0.29, 0.717) is 18.9 Å². The van der Waals surface area contributed by atoms with Gasteiger partial charge in [0.25, 0.3) is 0 Å². The van der Waals surface area contributed by atoms with Gasteiger partial charge in [0.2, 0.25) is 0 Å². The molecule has 1 N–H and O–H groups in total. The Balaban J connectivity index is 1.23. The first-order chi connectivity index (χ1) is 16.4. The molecule has 5 rings (SSSR count). The molecule has 0 saturated carbocycles. The molecule has 1 atom stereocenters. The number of aromatic nitrogens is 2. The molecular formula is C24H33ClN6O2S. The van der Waals surface area contributed by atoms with Gasteiger partial charge in [-0.15, -0.1) is 5.10 Å². The van der Waals surface area contributed by atoms with Crippen LogP contribution in [-0.4, -0.2) is 74.3 Å². The second-order valence-corrected chi connectivity index (χ2v) is 11.3. The third-order valence-electron chi connectivity index (χ3n) is 7.53. The van der Waals surface area contributed by atoms with Crippen molar-refractivity contribution in [2.75, 3.05) is 48.6 Å². The lowest BCUT2D eigenvalue weighted by Crippen LogP contribution is -2.53. The van der Waals surface area contributed by atoms with E-state index in [4.69, 9.17) is 11.6 Å². The monoisotopic (exact) mass is 504 g/mol. The molecule has 3 fully saturated rings. The predicted molar refractivity (Wildman–Crippen MR) is 137 cm³/mol. The number of nitrogens with one attached hydrogen (secondary N) is 1. The van der Waals surface area contributed by atoms with Crippen LogP contribution >= 0.6 is 11.6 Å². The molecule has 3 aliphatic rings. The van der Waals surface area contributed by atoms with Gasteiger partial charge in [-0.05, 0) is 68.8 Å². The molecule has 10 heteroatoms. The van der Waals surface area contributed by atoms with E-state index < -0.39 is 11.0 Å². The highest BCUT2D eigenvalue weighted by Crippen LogP contribution is 2.40. The Bertz CT molecular complexity index is 1060. The van der Waals surface area contributed by atoms with Crippen molar-refractivity contribution >= 4 is 40.1 Å². The van der Waals surface area contributed by atoms with Crippen LogP contribution in [0.4, 0.5) is 16.3 Å². The van der Waals surface area contributed by atoms with E-state index in [1.807, 2.05) is 4.90 Å². The number of likely N-dealkylation sites (tertiary alicyclic amines) is 2. The quantitative estimate of drug-likeness (QED) is 0.667. The van der Waals surface area contributed by atoms with Gasteiger partial charge in [0.1, 0.15) is 11.0 Å². The fourth-order valence-corrected chi connectivity index (χ4v) is 6.46. The Morgan fingerprint density at radius 3 is 2.59 bits per heavy atom. The zero-order valence-electron chi connectivity index (χ0n) is 19.7. The number of hydrogen-bond acceptors (Lipinski definition) is 5. The van der Waals surface area contributed by atoms with E-state index in [-0.39, 0.29) is 11.6 Å². The molecule has 8 nitrogen and oxygen atoms in total. The van der Waals surface area contributed by atoms with Gasteiger partial charge in [-0.1, -0.05) is 11.6 Å². The second kappa shape index (κ2) is 9.87. The van der Waals surface area contributed by atoms with Gasteiger partial charge in [0.05, 0.1) is 0 Å². The molecule has 1 spiro atoms. The molecule has 1 unspecified atom stereocenters. The molecule has 1 aromatic carbocycles. The van der Waals surface area contributed by atoms with Gasteiger partial charge < -0.3 is 9.80 Å². The lowest BCUT2D eigenvalue weighted by molar-refractivity contribution is 0.0585. The zero-order valence-corrected chi connectivity index (χ0v) is 21.3. The average Bonchev–Trinajstić information content (AvgIpc) is 3.56. The van der Waals surface area contributed by atoms with E-state index in [1.165, 1.54) is 47.9 Å².